The zero-order valence-corrected chi connectivity index (χ0v) is 12.5. The van der Waals surface area contributed by atoms with Gasteiger partial charge in [-0.2, -0.15) is 0 Å². The first-order chi connectivity index (χ1) is 7.92. The van der Waals surface area contributed by atoms with E-state index >= 15 is 0 Å². The van der Waals surface area contributed by atoms with Crippen molar-refractivity contribution in [3.05, 3.63) is 34.3 Å². The summed E-state index contributed by atoms with van der Waals surface area (Å²) in [5.74, 6) is 0.135. The summed E-state index contributed by atoms with van der Waals surface area (Å²) in [6, 6.07) is 7.02. The third kappa shape index (κ3) is 3.53. The van der Waals surface area contributed by atoms with Crippen LogP contribution in [0.3, 0.4) is 0 Å². The predicted octanol–water partition coefficient (Wildman–Crippen LogP) is 2.66. The lowest BCUT2D eigenvalue weighted by Crippen LogP contribution is -2.34. The van der Waals surface area contributed by atoms with Crippen LogP contribution in [0, 0.1) is 0 Å². The summed E-state index contributed by atoms with van der Waals surface area (Å²) in [5, 5.41) is -0.506. The zero-order chi connectivity index (χ0) is 13.1. The summed E-state index contributed by atoms with van der Waals surface area (Å²) < 4.78 is 24.8. The number of halogens is 1. The van der Waals surface area contributed by atoms with Crippen LogP contribution in [0.1, 0.15) is 31.9 Å². The topological polar surface area (TPSA) is 60.2 Å². The highest BCUT2D eigenvalue weighted by molar-refractivity contribution is 9.10. The van der Waals surface area contributed by atoms with E-state index in [1.807, 2.05) is 31.2 Å². The van der Waals surface area contributed by atoms with E-state index in [9.17, 15) is 8.42 Å². The average Bonchev–Trinajstić information content (AvgIpc) is 2.30. The van der Waals surface area contributed by atoms with Crippen LogP contribution in [0.25, 0.3) is 0 Å². The van der Waals surface area contributed by atoms with Gasteiger partial charge in [0.1, 0.15) is 0 Å². The Morgan fingerprint density at radius 2 is 1.76 bits per heavy atom. The highest BCUT2D eigenvalue weighted by Gasteiger charge is 2.29. The van der Waals surface area contributed by atoms with Gasteiger partial charge >= 0.3 is 0 Å². The molecule has 0 radical (unpaired) electrons. The second-order valence-electron chi connectivity index (χ2n) is 3.98. The maximum absolute atomic E-state index is 11.9. The molecule has 0 spiro atoms. The number of rotatable bonds is 5. The fourth-order valence-electron chi connectivity index (χ4n) is 1.84. The van der Waals surface area contributed by atoms with Crippen LogP contribution >= 0.6 is 15.9 Å². The lowest BCUT2D eigenvalue weighted by molar-refractivity contribution is 0.549. The van der Waals surface area contributed by atoms with Crippen molar-refractivity contribution in [3.8, 4) is 0 Å². The Hall–Kier alpha value is -0.390. The molecule has 1 aromatic carbocycles. The van der Waals surface area contributed by atoms with Gasteiger partial charge in [0, 0.05) is 16.3 Å². The van der Waals surface area contributed by atoms with E-state index in [1.54, 1.807) is 6.92 Å². The normalized spacial score (nSPS) is 15.5. The molecule has 0 fully saturated rings. The highest BCUT2D eigenvalue weighted by Crippen LogP contribution is 2.24. The average molecular weight is 320 g/mol. The minimum atomic E-state index is -3.10. The Bertz CT molecular complexity index is 456. The molecule has 1 aromatic rings. The summed E-state index contributed by atoms with van der Waals surface area (Å²) >= 11 is 3.34. The Balaban J connectivity index is 3.02. The van der Waals surface area contributed by atoms with E-state index in [-0.39, 0.29) is 5.75 Å². The SMILES string of the molecule is CC[C@H]([C@H](N)c1ccc(Br)cc1)S(=O)(=O)CC. The Kier molecular flexibility index (Phi) is 5.16. The smallest absolute Gasteiger partial charge is 0.154 e. The minimum absolute atomic E-state index is 0.135. The molecule has 96 valence electrons. The fourth-order valence-corrected chi connectivity index (χ4v) is 3.65. The van der Waals surface area contributed by atoms with Gasteiger partial charge in [0.15, 0.2) is 9.84 Å². The van der Waals surface area contributed by atoms with Gasteiger partial charge in [-0.25, -0.2) is 8.42 Å². The molecular weight excluding hydrogens is 302 g/mol. The molecule has 0 saturated heterocycles. The molecule has 5 heteroatoms. The molecule has 0 amide bonds. The van der Waals surface area contributed by atoms with Gasteiger partial charge in [-0.3, -0.25) is 0 Å². The maximum atomic E-state index is 11.9. The van der Waals surface area contributed by atoms with Crippen molar-refractivity contribution in [2.75, 3.05) is 5.75 Å². The fraction of sp³-hybridized carbons (Fsp3) is 0.500. The van der Waals surface area contributed by atoms with Crippen LogP contribution in [-0.2, 0) is 9.84 Å². The summed E-state index contributed by atoms with van der Waals surface area (Å²) in [6.45, 7) is 3.52. The van der Waals surface area contributed by atoms with Crippen LogP contribution in [0.2, 0.25) is 0 Å². The summed E-state index contributed by atoms with van der Waals surface area (Å²) in [4.78, 5) is 0. The first-order valence-electron chi connectivity index (χ1n) is 5.65. The van der Waals surface area contributed by atoms with Gasteiger partial charge in [0.25, 0.3) is 0 Å². The lowest BCUT2D eigenvalue weighted by Gasteiger charge is -2.22. The number of nitrogens with two attached hydrogens (primary N) is 1. The molecule has 0 saturated carbocycles. The monoisotopic (exact) mass is 319 g/mol. The number of benzene rings is 1. The molecule has 0 unspecified atom stereocenters. The molecule has 2 N–H and O–H groups in total. The zero-order valence-electron chi connectivity index (χ0n) is 10.1. The van der Waals surface area contributed by atoms with Gasteiger partial charge in [-0.15, -0.1) is 0 Å². The summed E-state index contributed by atoms with van der Waals surface area (Å²) in [7, 11) is -3.10. The predicted molar refractivity (Wildman–Crippen MR) is 74.6 cm³/mol. The second-order valence-corrected chi connectivity index (χ2v) is 7.40. The molecule has 0 aliphatic carbocycles. The number of hydrogen-bond acceptors (Lipinski definition) is 3. The van der Waals surface area contributed by atoms with E-state index in [1.165, 1.54) is 0 Å². The molecule has 0 aliphatic heterocycles. The van der Waals surface area contributed by atoms with Crippen molar-refractivity contribution >= 4 is 25.8 Å². The third-order valence-electron chi connectivity index (χ3n) is 2.92. The molecule has 0 bridgehead atoms. The molecule has 2 atom stereocenters. The van der Waals surface area contributed by atoms with Crippen LogP contribution in [0.4, 0.5) is 0 Å². The Morgan fingerprint density at radius 1 is 1.24 bits per heavy atom. The van der Waals surface area contributed by atoms with Gasteiger partial charge in [-0.05, 0) is 24.1 Å². The van der Waals surface area contributed by atoms with Crippen LogP contribution < -0.4 is 5.73 Å². The highest BCUT2D eigenvalue weighted by atomic mass is 79.9. The number of sulfone groups is 1. The van der Waals surface area contributed by atoms with E-state index < -0.39 is 21.1 Å². The van der Waals surface area contributed by atoms with E-state index in [4.69, 9.17) is 5.73 Å². The number of hydrogen-bond donors (Lipinski definition) is 1. The molecule has 0 aromatic heterocycles. The van der Waals surface area contributed by atoms with Crippen LogP contribution in [0.15, 0.2) is 28.7 Å². The first-order valence-corrected chi connectivity index (χ1v) is 8.15. The van der Waals surface area contributed by atoms with E-state index in [0.717, 1.165) is 10.0 Å². The maximum Gasteiger partial charge on any atom is 0.154 e. The quantitative estimate of drug-likeness (QED) is 0.907. The van der Waals surface area contributed by atoms with Crippen molar-refractivity contribution in [1.82, 2.24) is 0 Å². The van der Waals surface area contributed by atoms with E-state index in [2.05, 4.69) is 15.9 Å². The largest absolute Gasteiger partial charge is 0.323 e. The molecule has 0 heterocycles. The van der Waals surface area contributed by atoms with Gasteiger partial charge in [0.2, 0.25) is 0 Å². The molecule has 0 aliphatic rings. The van der Waals surface area contributed by atoms with Crippen molar-refractivity contribution in [1.29, 1.82) is 0 Å². The van der Waals surface area contributed by atoms with E-state index in [0.29, 0.717) is 6.42 Å². The van der Waals surface area contributed by atoms with Crippen molar-refractivity contribution < 1.29 is 8.42 Å². The van der Waals surface area contributed by atoms with Crippen molar-refractivity contribution in [3.63, 3.8) is 0 Å². The van der Waals surface area contributed by atoms with Crippen molar-refractivity contribution in [2.24, 2.45) is 5.73 Å². The van der Waals surface area contributed by atoms with Gasteiger partial charge in [-0.1, -0.05) is 41.9 Å². The summed E-state index contributed by atoms with van der Waals surface area (Å²) in [6.07, 6.45) is 0.535. The molecule has 3 nitrogen and oxygen atoms in total. The molecule has 1 rings (SSSR count). The Labute approximate surface area is 111 Å². The van der Waals surface area contributed by atoms with Gasteiger partial charge in [0.05, 0.1) is 5.25 Å². The molecule has 17 heavy (non-hydrogen) atoms. The second kappa shape index (κ2) is 5.98. The molecular formula is C12H18BrNO2S. The lowest BCUT2D eigenvalue weighted by atomic mass is 10.0. The summed E-state index contributed by atoms with van der Waals surface area (Å²) in [5.41, 5.74) is 6.93. The van der Waals surface area contributed by atoms with Crippen LogP contribution in [0.5, 0.6) is 0 Å². The first kappa shape index (κ1) is 14.7. The minimum Gasteiger partial charge on any atom is -0.323 e. The van der Waals surface area contributed by atoms with Crippen LogP contribution in [-0.4, -0.2) is 19.4 Å². The van der Waals surface area contributed by atoms with Crippen molar-refractivity contribution in [2.45, 2.75) is 31.6 Å². The Morgan fingerprint density at radius 3 is 2.18 bits per heavy atom. The van der Waals surface area contributed by atoms with Gasteiger partial charge < -0.3 is 5.73 Å². The standard InChI is InChI=1S/C12H18BrNO2S/c1-3-11(17(15,16)4-2)12(14)9-5-7-10(13)8-6-9/h5-8,11-12H,3-4,14H2,1-2H3/t11-,12-/m1/s1. The third-order valence-corrected chi connectivity index (χ3v) is 5.80.